The van der Waals surface area contributed by atoms with E-state index in [4.69, 9.17) is 24.7 Å². The molecule has 5 rings (SSSR count). The number of rotatable bonds is 4. The van der Waals surface area contributed by atoms with Crippen molar-refractivity contribution in [2.75, 3.05) is 20.0 Å². The van der Waals surface area contributed by atoms with Crippen molar-refractivity contribution >= 4 is 33.3 Å². The summed E-state index contributed by atoms with van der Waals surface area (Å²) in [6, 6.07) is 23.8. The minimum atomic E-state index is -1.08. The van der Waals surface area contributed by atoms with Crippen LogP contribution in [0.5, 0.6) is 11.5 Å². The molecule has 0 atom stereocenters. The van der Waals surface area contributed by atoms with E-state index in [0.29, 0.717) is 22.5 Å². The van der Waals surface area contributed by atoms with Crippen molar-refractivity contribution in [1.29, 1.82) is 0 Å². The molecule has 35 heavy (non-hydrogen) atoms. The van der Waals surface area contributed by atoms with E-state index < -0.39 is 11.6 Å². The first-order valence-electron chi connectivity index (χ1n) is 10.6. The van der Waals surface area contributed by atoms with Gasteiger partial charge in [0.25, 0.3) is 0 Å². The molecular weight excluding hydrogens is 448 g/mol. The number of hydrogen-bond acceptors (Lipinski definition) is 7. The van der Waals surface area contributed by atoms with Gasteiger partial charge in [-0.15, -0.1) is 0 Å². The molecule has 1 heterocycles. The molecule has 0 aliphatic rings. The van der Waals surface area contributed by atoms with Crippen molar-refractivity contribution in [3.05, 3.63) is 94.8 Å². The van der Waals surface area contributed by atoms with Crippen LogP contribution in [0.1, 0.15) is 10.4 Å². The first-order valence-corrected chi connectivity index (χ1v) is 10.6. The quantitative estimate of drug-likeness (QED) is 0.352. The minimum Gasteiger partial charge on any atom is -0.496 e. The number of benzene rings is 4. The summed E-state index contributed by atoms with van der Waals surface area (Å²) in [5.74, 6) is -0.0202. The third-order valence-electron chi connectivity index (χ3n) is 5.35. The van der Waals surface area contributed by atoms with Gasteiger partial charge in [-0.05, 0) is 41.1 Å². The van der Waals surface area contributed by atoms with Gasteiger partial charge in [0.1, 0.15) is 22.4 Å². The summed E-state index contributed by atoms with van der Waals surface area (Å²) >= 11 is 0. The molecule has 8 nitrogen and oxygen atoms in total. The molecule has 0 spiro atoms. The number of fused-ring (bicyclic) bond motifs is 2. The van der Waals surface area contributed by atoms with Crippen molar-refractivity contribution in [1.82, 2.24) is 4.98 Å². The smallest absolute Gasteiger partial charge is 0.350 e. The summed E-state index contributed by atoms with van der Waals surface area (Å²) < 4.78 is 15.5. The normalized spacial score (nSPS) is 10.5. The molecule has 0 radical (unpaired) electrons. The summed E-state index contributed by atoms with van der Waals surface area (Å²) in [5, 5.41) is 11.1. The third kappa shape index (κ3) is 4.63. The van der Waals surface area contributed by atoms with Gasteiger partial charge in [0.15, 0.2) is 0 Å². The van der Waals surface area contributed by atoms with Crippen LogP contribution < -0.4 is 20.8 Å². The van der Waals surface area contributed by atoms with E-state index >= 15 is 0 Å². The number of nitrogen functional groups attached to an aromatic ring is 1. The van der Waals surface area contributed by atoms with Gasteiger partial charge in [0.2, 0.25) is 5.89 Å². The summed E-state index contributed by atoms with van der Waals surface area (Å²) in [4.78, 5) is 27.6. The Kier molecular flexibility index (Phi) is 6.64. The summed E-state index contributed by atoms with van der Waals surface area (Å²) in [6.45, 7) is 0. The first kappa shape index (κ1) is 23.3. The molecule has 0 saturated carbocycles. The number of carboxylic acids is 1. The van der Waals surface area contributed by atoms with Crippen LogP contribution in [0.25, 0.3) is 33.1 Å². The Balaban J connectivity index is 0.000000204. The van der Waals surface area contributed by atoms with Crippen LogP contribution in [-0.4, -0.2) is 30.3 Å². The lowest BCUT2D eigenvalue weighted by Crippen LogP contribution is -2.05. The predicted molar refractivity (Wildman–Crippen MR) is 134 cm³/mol. The van der Waals surface area contributed by atoms with Gasteiger partial charge in [-0.2, -0.15) is 0 Å². The van der Waals surface area contributed by atoms with Gasteiger partial charge >= 0.3 is 11.6 Å². The number of carboxylic acid groups (broad SMARTS) is 1. The third-order valence-corrected chi connectivity index (χ3v) is 5.35. The van der Waals surface area contributed by atoms with E-state index in [1.165, 1.54) is 20.3 Å². The zero-order chi connectivity index (χ0) is 24.9. The predicted octanol–water partition coefficient (Wildman–Crippen LogP) is 4.99. The van der Waals surface area contributed by atoms with Crippen LogP contribution in [0.3, 0.4) is 0 Å². The largest absolute Gasteiger partial charge is 0.496 e. The lowest BCUT2D eigenvalue weighted by molar-refractivity contribution is 0.0694. The van der Waals surface area contributed by atoms with Crippen LogP contribution in [-0.2, 0) is 0 Å². The summed E-state index contributed by atoms with van der Waals surface area (Å²) in [5.41, 5.74) is 6.57. The number of aromatic carboxylic acids is 1. The van der Waals surface area contributed by atoms with Crippen LogP contribution >= 0.6 is 0 Å². The van der Waals surface area contributed by atoms with E-state index in [0.717, 1.165) is 16.3 Å². The second kappa shape index (κ2) is 9.96. The minimum absolute atomic E-state index is 0.0139. The molecule has 1 aromatic heterocycles. The maximum Gasteiger partial charge on any atom is 0.350 e. The van der Waals surface area contributed by atoms with Gasteiger partial charge in [-0.25, -0.2) is 14.6 Å². The van der Waals surface area contributed by atoms with Gasteiger partial charge in [0, 0.05) is 11.3 Å². The van der Waals surface area contributed by atoms with Crippen molar-refractivity contribution in [2.45, 2.75) is 0 Å². The lowest BCUT2D eigenvalue weighted by atomic mass is 10.0. The highest BCUT2D eigenvalue weighted by Gasteiger charge is 2.14. The zero-order valence-corrected chi connectivity index (χ0v) is 19.0. The molecule has 176 valence electrons. The standard InChI is InChI=1S/C19H13NO3.C8H9NO3/c1-22-16-11-5-10-15-17(16)19(21)23-18(20-15)14-9-4-7-12-6-2-3-8-13(12)14;1-12-6-4-2-3-5(9)7(6)8(10)11/h2-11H,1H3;2-4H,9H2,1H3,(H,10,11). The Bertz CT molecular complexity index is 1590. The second-order valence-corrected chi connectivity index (χ2v) is 7.42. The van der Waals surface area contributed by atoms with Crippen molar-refractivity contribution in [2.24, 2.45) is 0 Å². The monoisotopic (exact) mass is 470 g/mol. The lowest BCUT2D eigenvalue weighted by Gasteiger charge is -2.07. The van der Waals surface area contributed by atoms with E-state index in [2.05, 4.69) is 4.98 Å². The molecule has 0 aliphatic heterocycles. The number of aromatic nitrogens is 1. The molecule has 8 heteroatoms. The Labute approximate surface area is 200 Å². The van der Waals surface area contributed by atoms with E-state index in [1.807, 2.05) is 42.5 Å². The topological polar surface area (TPSA) is 125 Å². The van der Waals surface area contributed by atoms with E-state index in [-0.39, 0.29) is 17.0 Å². The SMILES string of the molecule is COc1cccc(N)c1C(=O)O.COc1cccc2nc(-c3cccc4ccccc34)oc(=O)c12. The molecule has 0 amide bonds. The molecule has 0 aliphatic carbocycles. The maximum atomic E-state index is 12.4. The number of methoxy groups -OCH3 is 2. The highest BCUT2D eigenvalue weighted by molar-refractivity contribution is 5.97. The van der Waals surface area contributed by atoms with Crippen LogP contribution in [0, 0.1) is 0 Å². The van der Waals surface area contributed by atoms with Gasteiger partial charge in [-0.3, -0.25) is 0 Å². The highest BCUT2D eigenvalue weighted by Crippen LogP contribution is 2.29. The van der Waals surface area contributed by atoms with Crippen molar-refractivity contribution in [3.8, 4) is 23.0 Å². The maximum absolute atomic E-state index is 12.4. The number of hydrogen-bond donors (Lipinski definition) is 2. The summed E-state index contributed by atoms with van der Waals surface area (Å²) in [6.07, 6.45) is 0. The fourth-order valence-corrected chi connectivity index (χ4v) is 3.73. The number of carbonyl (C=O) groups is 1. The second-order valence-electron chi connectivity index (χ2n) is 7.42. The molecule has 0 saturated heterocycles. The number of nitrogens with zero attached hydrogens (tertiary/aromatic N) is 1. The fraction of sp³-hybridized carbons (Fsp3) is 0.0741. The average Bonchev–Trinajstić information content (AvgIpc) is 2.87. The molecular formula is C27H22N2O6. The van der Waals surface area contributed by atoms with E-state index in [9.17, 15) is 9.59 Å². The van der Waals surface area contributed by atoms with Crippen LogP contribution in [0.4, 0.5) is 5.69 Å². The zero-order valence-electron chi connectivity index (χ0n) is 19.0. The van der Waals surface area contributed by atoms with Gasteiger partial charge in [-0.1, -0.05) is 48.5 Å². The Morgan fingerprint density at radius 3 is 2.26 bits per heavy atom. The molecule has 0 unspecified atom stereocenters. The van der Waals surface area contributed by atoms with Gasteiger partial charge in [0.05, 0.1) is 19.7 Å². The van der Waals surface area contributed by atoms with Crippen LogP contribution in [0.2, 0.25) is 0 Å². The number of nitrogens with two attached hydrogens (primary N) is 1. The molecule has 0 fully saturated rings. The fourth-order valence-electron chi connectivity index (χ4n) is 3.73. The molecule has 4 aromatic carbocycles. The van der Waals surface area contributed by atoms with E-state index in [1.54, 1.807) is 30.3 Å². The highest BCUT2D eigenvalue weighted by atomic mass is 16.5. The number of anilines is 1. The first-order chi connectivity index (χ1) is 16.9. The Hall–Kier alpha value is -4.85. The van der Waals surface area contributed by atoms with Crippen LogP contribution in [0.15, 0.2) is 88.1 Å². The molecule has 5 aromatic rings. The molecule has 0 bridgehead atoms. The van der Waals surface area contributed by atoms with Crippen molar-refractivity contribution < 1.29 is 23.8 Å². The Morgan fingerprint density at radius 1 is 0.886 bits per heavy atom. The molecule has 3 N–H and O–H groups in total. The van der Waals surface area contributed by atoms with Crippen molar-refractivity contribution in [3.63, 3.8) is 0 Å². The Morgan fingerprint density at radius 2 is 1.54 bits per heavy atom. The van der Waals surface area contributed by atoms with Gasteiger partial charge < -0.3 is 24.7 Å². The summed E-state index contributed by atoms with van der Waals surface area (Å²) in [7, 11) is 2.92. The average molecular weight is 470 g/mol. The number of ether oxygens (including phenoxy) is 2.